The molecular weight excluding hydrogens is 347 g/mol. The fourth-order valence-electron chi connectivity index (χ4n) is 3.12. The molecule has 0 bridgehead atoms. The summed E-state index contributed by atoms with van der Waals surface area (Å²) in [4.78, 5) is 18.3. The zero-order valence-corrected chi connectivity index (χ0v) is 14.3. The average Bonchev–Trinajstić information content (AvgIpc) is 3.09. The Morgan fingerprint density at radius 3 is 2.92 bits per heavy atom. The maximum atomic E-state index is 13.4. The van der Waals surface area contributed by atoms with Gasteiger partial charge >= 0.3 is 0 Å². The molecule has 0 spiro atoms. The smallest absolute Gasteiger partial charge is 0.166 e. The van der Waals surface area contributed by atoms with E-state index in [1.165, 1.54) is 12.1 Å². The van der Waals surface area contributed by atoms with Gasteiger partial charge in [0.25, 0.3) is 0 Å². The molecule has 1 atom stereocenters. The lowest BCUT2D eigenvalue weighted by atomic mass is 9.87. The predicted molar refractivity (Wildman–Crippen MR) is 94.0 cm³/mol. The SMILES string of the molecule is O=C1CCCC2=C1C(c1ccc(F)cc1Cl)=NC(c1cccs1)N2. The van der Waals surface area contributed by atoms with Crippen molar-refractivity contribution in [1.82, 2.24) is 5.32 Å². The van der Waals surface area contributed by atoms with Gasteiger partial charge in [0.1, 0.15) is 5.82 Å². The van der Waals surface area contributed by atoms with Gasteiger partial charge in [-0.2, -0.15) is 0 Å². The van der Waals surface area contributed by atoms with Gasteiger partial charge in [0.2, 0.25) is 0 Å². The number of nitrogens with zero attached hydrogens (tertiary/aromatic N) is 1. The number of hydrogen-bond acceptors (Lipinski definition) is 4. The normalized spacial score (nSPS) is 20.5. The first kappa shape index (κ1) is 15.5. The summed E-state index contributed by atoms with van der Waals surface area (Å²) in [6, 6.07) is 8.18. The second-order valence-corrected chi connectivity index (χ2v) is 7.18. The number of carbonyl (C=O) groups is 1. The van der Waals surface area contributed by atoms with E-state index in [-0.39, 0.29) is 17.0 Å². The van der Waals surface area contributed by atoms with Crippen molar-refractivity contribution in [2.24, 2.45) is 4.99 Å². The highest BCUT2D eigenvalue weighted by Crippen LogP contribution is 2.35. The minimum absolute atomic E-state index is 0.0625. The van der Waals surface area contributed by atoms with Gasteiger partial charge in [0.15, 0.2) is 11.9 Å². The molecule has 1 N–H and O–H groups in total. The molecule has 122 valence electrons. The van der Waals surface area contributed by atoms with Gasteiger partial charge in [-0.05, 0) is 42.5 Å². The maximum absolute atomic E-state index is 13.4. The van der Waals surface area contributed by atoms with Crippen LogP contribution in [0.15, 0.2) is 52.0 Å². The van der Waals surface area contributed by atoms with Gasteiger partial charge in [0.05, 0.1) is 16.3 Å². The molecule has 4 rings (SSSR count). The zero-order valence-electron chi connectivity index (χ0n) is 12.7. The molecule has 1 aromatic carbocycles. The number of nitrogens with one attached hydrogen (secondary N) is 1. The molecule has 0 radical (unpaired) electrons. The fourth-order valence-corrected chi connectivity index (χ4v) is 4.09. The first-order valence-corrected chi connectivity index (χ1v) is 8.99. The van der Waals surface area contributed by atoms with Crippen LogP contribution in [0, 0.1) is 5.82 Å². The lowest BCUT2D eigenvalue weighted by Gasteiger charge is -2.30. The van der Waals surface area contributed by atoms with Crippen LogP contribution in [0.4, 0.5) is 4.39 Å². The summed E-state index contributed by atoms with van der Waals surface area (Å²) in [5, 5.41) is 5.65. The third-order valence-corrected chi connectivity index (χ3v) is 5.45. The van der Waals surface area contributed by atoms with E-state index in [1.807, 2.05) is 17.5 Å². The first-order chi connectivity index (χ1) is 11.6. The first-order valence-electron chi connectivity index (χ1n) is 7.73. The Kier molecular flexibility index (Phi) is 3.98. The molecule has 2 aliphatic rings. The molecule has 2 aromatic rings. The minimum atomic E-state index is -0.405. The summed E-state index contributed by atoms with van der Waals surface area (Å²) in [7, 11) is 0. The van der Waals surface area contributed by atoms with Crippen molar-refractivity contribution in [3.63, 3.8) is 0 Å². The van der Waals surface area contributed by atoms with Gasteiger partial charge in [-0.3, -0.25) is 9.79 Å². The summed E-state index contributed by atoms with van der Waals surface area (Å²) < 4.78 is 13.4. The Labute approximate surface area is 147 Å². The van der Waals surface area contributed by atoms with Crippen molar-refractivity contribution >= 4 is 34.4 Å². The standard InChI is InChI=1S/C18H14ClFN2OS/c19-12-9-10(20)6-7-11(12)17-16-13(3-1-4-14(16)23)21-18(22-17)15-5-2-8-24-15/h2,5-9,18,21H,1,3-4H2. The Morgan fingerprint density at radius 2 is 2.17 bits per heavy atom. The van der Waals surface area contributed by atoms with Gasteiger partial charge in [-0.1, -0.05) is 17.7 Å². The van der Waals surface area contributed by atoms with E-state index >= 15 is 0 Å². The number of allylic oxidation sites excluding steroid dienone is 2. The third-order valence-electron chi connectivity index (χ3n) is 4.22. The van der Waals surface area contributed by atoms with E-state index in [4.69, 9.17) is 16.6 Å². The van der Waals surface area contributed by atoms with E-state index in [0.717, 1.165) is 23.4 Å². The number of thiophene rings is 1. The maximum Gasteiger partial charge on any atom is 0.166 e. The Morgan fingerprint density at radius 1 is 1.29 bits per heavy atom. The Bertz CT molecular complexity index is 873. The Balaban J connectivity index is 1.87. The molecule has 0 amide bonds. The second kappa shape index (κ2) is 6.15. The lowest BCUT2D eigenvalue weighted by Crippen LogP contribution is -2.34. The van der Waals surface area contributed by atoms with Crippen LogP contribution in [0.2, 0.25) is 5.02 Å². The number of aliphatic imine (C=N–C) groups is 1. The second-order valence-electron chi connectivity index (χ2n) is 5.79. The average molecular weight is 361 g/mol. The number of ketones is 1. The number of halogens is 2. The van der Waals surface area contributed by atoms with Crippen molar-refractivity contribution in [3.8, 4) is 0 Å². The van der Waals surface area contributed by atoms with Crippen LogP contribution in [0.1, 0.15) is 35.9 Å². The molecule has 1 aliphatic carbocycles. The summed E-state index contributed by atoms with van der Waals surface area (Å²) in [6.45, 7) is 0. The largest absolute Gasteiger partial charge is 0.362 e. The molecule has 3 nitrogen and oxygen atoms in total. The van der Waals surface area contributed by atoms with E-state index in [2.05, 4.69) is 5.32 Å². The van der Waals surface area contributed by atoms with Crippen LogP contribution in [-0.2, 0) is 4.79 Å². The van der Waals surface area contributed by atoms with Crippen LogP contribution in [0.5, 0.6) is 0 Å². The molecule has 1 unspecified atom stereocenters. The predicted octanol–water partition coefficient (Wildman–Crippen LogP) is 4.64. The summed E-state index contributed by atoms with van der Waals surface area (Å²) in [6.07, 6.45) is 1.89. The topological polar surface area (TPSA) is 41.5 Å². The molecule has 1 aromatic heterocycles. The number of Topliss-reactive ketones (excluding diaryl/α,β-unsaturated/α-hetero) is 1. The fraction of sp³-hybridized carbons (Fsp3) is 0.222. The van der Waals surface area contributed by atoms with Gasteiger partial charge < -0.3 is 5.32 Å². The minimum Gasteiger partial charge on any atom is -0.362 e. The summed E-state index contributed by atoms with van der Waals surface area (Å²) in [5.41, 5.74) is 2.68. The van der Waals surface area contributed by atoms with Crippen LogP contribution in [0.25, 0.3) is 0 Å². The quantitative estimate of drug-likeness (QED) is 0.847. The van der Waals surface area contributed by atoms with Crippen molar-refractivity contribution in [2.45, 2.75) is 25.4 Å². The van der Waals surface area contributed by atoms with Crippen LogP contribution >= 0.6 is 22.9 Å². The van der Waals surface area contributed by atoms with Gasteiger partial charge in [0, 0.05) is 22.6 Å². The monoisotopic (exact) mass is 360 g/mol. The number of hydrogen-bond donors (Lipinski definition) is 1. The summed E-state index contributed by atoms with van der Waals surface area (Å²) in [5.74, 6) is -0.343. The van der Waals surface area contributed by atoms with E-state index in [0.29, 0.717) is 23.3 Å². The van der Waals surface area contributed by atoms with Gasteiger partial charge in [-0.25, -0.2) is 4.39 Å². The van der Waals surface area contributed by atoms with Crippen molar-refractivity contribution in [1.29, 1.82) is 0 Å². The molecule has 2 heterocycles. The van der Waals surface area contributed by atoms with E-state index in [9.17, 15) is 9.18 Å². The third kappa shape index (κ3) is 2.68. The van der Waals surface area contributed by atoms with Crippen molar-refractivity contribution in [3.05, 3.63) is 68.3 Å². The van der Waals surface area contributed by atoms with Crippen LogP contribution in [-0.4, -0.2) is 11.5 Å². The highest BCUT2D eigenvalue weighted by molar-refractivity contribution is 7.10. The number of carbonyl (C=O) groups excluding carboxylic acids is 1. The van der Waals surface area contributed by atoms with Gasteiger partial charge in [-0.15, -0.1) is 11.3 Å². The van der Waals surface area contributed by atoms with Crippen LogP contribution < -0.4 is 5.32 Å². The highest BCUT2D eigenvalue weighted by atomic mass is 35.5. The van der Waals surface area contributed by atoms with E-state index < -0.39 is 5.82 Å². The van der Waals surface area contributed by atoms with Crippen LogP contribution in [0.3, 0.4) is 0 Å². The number of rotatable bonds is 2. The summed E-state index contributed by atoms with van der Waals surface area (Å²) >= 11 is 7.85. The Hall–Kier alpha value is -1.98. The molecule has 0 saturated heterocycles. The molecule has 0 fully saturated rings. The van der Waals surface area contributed by atoms with Crippen molar-refractivity contribution < 1.29 is 9.18 Å². The van der Waals surface area contributed by atoms with E-state index in [1.54, 1.807) is 17.4 Å². The van der Waals surface area contributed by atoms with Crippen molar-refractivity contribution in [2.75, 3.05) is 0 Å². The molecule has 1 aliphatic heterocycles. The molecule has 24 heavy (non-hydrogen) atoms. The number of benzene rings is 1. The molecular formula is C18H14ClFN2OS. The lowest BCUT2D eigenvalue weighted by molar-refractivity contribution is -0.115. The molecule has 6 heteroatoms. The molecule has 0 saturated carbocycles. The zero-order chi connectivity index (χ0) is 16.7. The highest BCUT2D eigenvalue weighted by Gasteiger charge is 2.32.